The molecule has 1 saturated heterocycles. The third-order valence-corrected chi connectivity index (χ3v) is 3.23. The Morgan fingerprint density at radius 1 is 1.53 bits per heavy atom. The van der Waals surface area contributed by atoms with Gasteiger partial charge in [0.15, 0.2) is 0 Å². The fraction of sp³-hybridized carbons (Fsp3) is 0.571. The van der Waals surface area contributed by atoms with Gasteiger partial charge in [-0.25, -0.2) is 0 Å². The predicted molar refractivity (Wildman–Crippen MR) is 68.3 cm³/mol. The van der Waals surface area contributed by atoms with Crippen molar-refractivity contribution in [2.45, 2.75) is 38.3 Å². The molecule has 1 aliphatic heterocycles. The van der Waals surface area contributed by atoms with Gasteiger partial charge in [0.1, 0.15) is 5.75 Å². The van der Waals surface area contributed by atoms with Gasteiger partial charge in [-0.1, -0.05) is 12.1 Å². The smallest absolute Gasteiger partial charge is 0.119 e. The van der Waals surface area contributed by atoms with Gasteiger partial charge in [-0.15, -0.1) is 0 Å². The average Bonchev–Trinajstić information content (AvgIpc) is 2.82. The Kier molecular flexibility index (Phi) is 4.40. The van der Waals surface area contributed by atoms with Crippen molar-refractivity contribution >= 4 is 0 Å². The summed E-state index contributed by atoms with van der Waals surface area (Å²) in [6.07, 6.45) is 2.64. The van der Waals surface area contributed by atoms with E-state index in [1.165, 1.54) is 12.0 Å². The lowest BCUT2D eigenvalue weighted by Crippen LogP contribution is -2.35. The number of aliphatic hydroxyl groups excluding tert-OH is 1. The van der Waals surface area contributed by atoms with Crippen molar-refractivity contribution in [3.8, 4) is 5.75 Å². The van der Waals surface area contributed by atoms with Crippen molar-refractivity contribution in [2.75, 3.05) is 13.2 Å². The highest BCUT2D eigenvalue weighted by atomic mass is 16.5. The summed E-state index contributed by atoms with van der Waals surface area (Å²) in [5.41, 5.74) is 1.19. The number of nitrogens with one attached hydrogen (secondary N) is 1. The molecule has 3 heteroatoms. The van der Waals surface area contributed by atoms with E-state index in [0.717, 1.165) is 18.7 Å². The largest absolute Gasteiger partial charge is 0.493 e. The number of ether oxygens (including phenoxy) is 1. The maximum atomic E-state index is 9.94. The first kappa shape index (κ1) is 12.4. The highest BCUT2D eigenvalue weighted by Gasteiger charge is 2.22. The van der Waals surface area contributed by atoms with E-state index in [4.69, 9.17) is 4.74 Å². The fourth-order valence-electron chi connectivity index (χ4n) is 2.24. The first-order valence-corrected chi connectivity index (χ1v) is 6.36. The first-order valence-electron chi connectivity index (χ1n) is 6.36. The van der Waals surface area contributed by atoms with E-state index in [0.29, 0.717) is 13.0 Å². The van der Waals surface area contributed by atoms with Crippen LogP contribution in [-0.2, 0) is 0 Å². The highest BCUT2D eigenvalue weighted by Crippen LogP contribution is 2.15. The van der Waals surface area contributed by atoms with Gasteiger partial charge >= 0.3 is 0 Å². The Morgan fingerprint density at radius 2 is 2.41 bits per heavy atom. The summed E-state index contributed by atoms with van der Waals surface area (Å²) >= 11 is 0. The molecule has 1 aromatic rings. The van der Waals surface area contributed by atoms with Crippen LogP contribution in [0.3, 0.4) is 0 Å². The quantitative estimate of drug-likeness (QED) is 0.818. The SMILES string of the molecule is Cc1cccc(OCCC(O)C2CCCN2)c1. The van der Waals surface area contributed by atoms with Crippen molar-refractivity contribution in [1.29, 1.82) is 0 Å². The number of hydrogen-bond acceptors (Lipinski definition) is 3. The molecule has 2 atom stereocenters. The summed E-state index contributed by atoms with van der Waals surface area (Å²) in [6.45, 7) is 3.65. The molecule has 0 amide bonds. The van der Waals surface area contributed by atoms with Crippen molar-refractivity contribution < 1.29 is 9.84 Å². The monoisotopic (exact) mass is 235 g/mol. The maximum absolute atomic E-state index is 9.94. The van der Waals surface area contributed by atoms with Crippen LogP contribution < -0.4 is 10.1 Å². The van der Waals surface area contributed by atoms with E-state index in [-0.39, 0.29) is 12.1 Å². The average molecular weight is 235 g/mol. The summed E-state index contributed by atoms with van der Waals surface area (Å²) in [5.74, 6) is 0.886. The number of benzene rings is 1. The van der Waals surface area contributed by atoms with Crippen molar-refractivity contribution in [1.82, 2.24) is 5.32 Å². The number of aliphatic hydroxyl groups is 1. The van der Waals surface area contributed by atoms with Gasteiger partial charge in [0.25, 0.3) is 0 Å². The third kappa shape index (κ3) is 3.72. The van der Waals surface area contributed by atoms with Crippen LogP contribution in [0.5, 0.6) is 5.75 Å². The fourth-order valence-corrected chi connectivity index (χ4v) is 2.24. The van der Waals surface area contributed by atoms with E-state index in [9.17, 15) is 5.11 Å². The molecule has 0 bridgehead atoms. The summed E-state index contributed by atoms with van der Waals surface area (Å²) < 4.78 is 5.63. The maximum Gasteiger partial charge on any atom is 0.119 e. The number of aryl methyl sites for hydroxylation is 1. The molecule has 94 valence electrons. The molecule has 0 spiro atoms. The molecule has 3 nitrogen and oxygen atoms in total. The summed E-state index contributed by atoms with van der Waals surface area (Å²) in [7, 11) is 0. The zero-order valence-electron chi connectivity index (χ0n) is 10.4. The van der Waals surface area contributed by atoms with Crippen LogP contribution in [0.2, 0.25) is 0 Å². The zero-order valence-corrected chi connectivity index (χ0v) is 10.4. The van der Waals surface area contributed by atoms with Gasteiger partial charge in [-0.2, -0.15) is 0 Å². The minimum absolute atomic E-state index is 0.260. The lowest BCUT2D eigenvalue weighted by molar-refractivity contribution is 0.107. The Balaban J connectivity index is 1.71. The second-order valence-electron chi connectivity index (χ2n) is 4.72. The van der Waals surface area contributed by atoms with Crippen LogP contribution in [0.4, 0.5) is 0 Å². The standard InChI is InChI=1S/C14H21NO2/c1-11-4-2-5-12(10-11)17-9-7-14(16)13-6-3-8-15-13/h2,4-5,10,13-16H,3,6-9H2,1H3. The summed E-state index contributed by atoms with van der Waals surface area (Å²) in [5, 5.41) is 13.2. The van der Waals surface area contributed by atoms with Gasteiger partial charge < -0.3 is 15.2 Å². The first-order chi connectivity index (χ1) is 8.25. The molecule has 17 heavy (non-hydrogen) atoms. The molecular weight excluding hydrogens is 214 g/mol. The topological polar surface area (TPSA) is 41.5 Å². The van der Waals surface area contributed by atoms with Crippen molar-refractivity contribution in [2.24, 2.45) is 0 Å². The molecular formula is C14H21NO2. The third-order valence-electron chi connectivity index (χ3n) is 3.23. The molecule has 2 N–H and O–H groups in total. The predicted octanol–water partition coefficient (Wildman–Crippen LogP) is 1.88. The van der Waals surface area contributed by atoms with E-state index in [2.05, 4.69) is 5.32 Å². The number of hydrogen-bond donors (Lipinski definition) is 2. The molecule has 2 rings (SSSR count). The lowest BCUT2D eigenvalue weighted by atomic mass is 10.1. The van der Waals surface area contributed by atoms with Gasteiger partial charge in [-0.3, -0.25) is 0 Å². The van der Waals surface area contributed by atoms with Crippen LogP contribution in [0.15, 0.2) is 24.3 Å². The van der Waals surface area contributed by atoms with Crippen LogP contribution in [0.25, 0.3) is 0 Å². The van der Waals surface area contributed by atoms with Gasteiger partial charge in [0, 0.05) is 12.5 Å². The van der Waals surface area contributed by atoms with Gasteiger partial charge in [0.05, 0.1) is 12.7 Å². The molecule has 1 fully saturated rings. The number of rotatable bonds is 5. The van der Waals surface area contributed by atoms with Crippen molar-refractivity contribution in [3.05, 3.63) is 29.8 Å². The van der Waals surface area contributed by atoms with Crippen LogP contribution in [0.1, 0.15) is 24.8 Å². The van der Waals surface area contributed by atoms with E-state index in [1.807, 2.05) is 31.2 Å². The van der Waals surface area contributed by atoms with E-state index < -0.39 is 0 Å². The molecule has 2 unspecified atom stereocenters. The van der Waals surface area contributed by atoms with Crippen LogP contribution >= 0.6 is 0 Å². The normalized spacial score (nSPS) is 21.4. The molecule has 0 aromatic heterocycles. The summed E-state index contributed by atoms with van der Waals surface area (Å²) in [4.78, 5) is 0. The second-order valence-corrected chi connectivity index (χ2v) is 4.72. The zero-order chi connectivity index (χ0) is 12.1. The minimum atomic E-state index is -0.290. The molecule has 0 saturated carbocycles. The molecule has 1 aliphatic rings. The molecule has 0 radical (unpaired) electrons. The minimum Gasteiger partial charge on any atom is -0.493 e. The van der Waals surface area contributed by atoms with Crippen molar-refractivity contribution in [3.63, 3.8) is 0 Å². The van der Waals surface area contributed by atoms with Crippen LogP contribution in [0, 0.1) is 6.92 Å². The Morgan fingerprint density at radius 3 is 3.12 bits per heavy atom. The molecule has 1 heterocycles. The van der Waals surface area contributed by atoms with Gasteiger partial charge in [0.2, 0.25) is 0 Å². The second kappa shape index (κ2) is 6.03. The lowest BCUT2D eigenvalue weighted by Gasteiger charge is -2.18. The van der Waals surface area contributed by atoms with E-state index in [1.54, 1.807) is 0 Å². The molecule has 1 aromatic carbocycles. The van der Waals surface area contributed by atoms with Crippen LogP contribution in [-0.4, -0.2) is 30.4 Å². The Bertz CT molecular complexity index is 348. The molecule has 0 aliphatic carbocycles. The Hall–Kier alpha value is -1.06. The Labute approximate surface area is 103 Å². The van der Waals surface area contributed by atoms with Gasteiger partial charge in [-0.05, 0) is 44.0 Å². The summed E-state index contributed by atoms with van der Waals surface area (Å²) in [6, 6.07) is 8.26. The van der Waals surface area contributed by atoms with E-state index >= 15 is 0 Å². The highest BCUT2D eigenvalue weighted by molar-refractivity contribution is 5.27.